The van der Waals surface area contributed by atoms with E-state index in [9.17, 15) is 19.8 Å². The Kier molecular flexibility index (Phi) is 8.71. The largest absolute Gasteiger partial charge is 0.493 e. The van der Waals surface area contributed by atoms with E-state index in [0.717, 1.165) is 53.2 Å². The van der Waals surface area contributed by atoms with E-state index in [1.807, 2.05) is 41.3 Å². The number of ether oxygens (including phenoxy) is 2. The van der Waals surface area contributed by atoms with Crippen molar-refractivity contribution in [1.29, 1.82) is 0 Å². The second-order valence-corrected chi connectivity index (χ2v) is 17.9. The average Bonchev–Trinajstić information content (AvgIpc) is 3.84. The van der Waals surface area contributed by atoms with Gasteiger partial charge in [0.05, 0.1) is 45.2 Å². The molecule has 10 rings (SSSR count). The minimum absolute atomic E-state index is 0.0532. The van der Waals surface area contributed by atoms with Gasteiger partial charge in [0.1, 0.15) is 0 Å². The van der Waals surface area contributed by atoms with E-state index in [4.69, 9.17) is 13.9 Å². The Hall–Kier alpha value is -4.66. The van der Waals surface area contributed by atoms with Crippen LogP contribution in [-0.4, -0.2) is 59.3 Å². The summed E-state index contributed by atoms with van der Waals surface area (Å²) >= 11 is 0. The van der Waals surface area contributed by atoms with Crippen molar-refractivity contribution in [3.8, 4) is 11.5 Å². The molecule has 2 N–H and O–H groups in total. The lowest BCUT2D eigenvalue weighted by Crippen LogP contribution is -2.67. The summed E-state index contributed by atoms with van der Waals surface area (Å²) in [6.07, 6.45) is 13.1. The molecule has 6 aliphatic carbocycles. The van der Waals surface area contributed by atoms with Crippen LogP contribution in [-0.2, 0) is 17.8 Å². The third-order valence-electron chi connectivity index (χ3n) is 15.6. The lowest BCUT2D eigenvalue weighted by atomic mass is 9.32. The van der Waals surface area contributed by atoms with Crippen molar-refractivity contribution in [3.05, 3.63) is 120 Å². The number of allylic oxidation sites excluding steroid dienone is 4. The summed E-state index contributed by atoms with van der Waals surface area (Å²) in [6.45, 7) is 5.11. The molecule has 6 aliphatic rings. The number of hydrogen-bond acceptors (Lipinski definition) is 7. The highest BCUT2D eigenvalue weighted by molar-refractivity contribution is 6.08. The van der Waals surface area contributed by atoms with Crippen molar-refractivity contribution in [2.45, 2.75) is 83.5 Å². The summed E-state index contributed by atoms with van der Waals surface area (Å²) in [7, 11) is 3.18. The highest BCUT2D eigenvalue weighted by Crippen LogP contribution is 2.78. The van der Waals surface area contributed by atoms with Crippen LogP contribution in [0.5, 0.6) is 11.5 Å². The van der Waals surface area contributed by atoms with E-state index in [1.165, 1.54) is 0 Å². The fourth-order valence-corrected chi connectivity index (χ4v) is 12.6. The molecular weight excluding hydrogens is 703 g/mol. The second-order valence-electron chi connectivity index (χ2n) is 17.9. The molecule has 1 heterocycles. The van der Waals surface area contributed by atoms with Gasteiger partial charge in [0, 0.05) is 28.4 Å². The standard InChI is InChI=1S/C48H53NO7/c1-44-19-16-34(50)27-46(44)22-23-48(36(28-46)43(52)38-13-8-24-56-38)40(44)17-20-45(2)41(48)18-21-47(45,53)30-49(29-33-11-7-10-32-9-5-6-12-35(32)33)42(51)26-31-14-15-37(54-3)39(25-31)55-4/h5-15,22-25,28,34,40-41,50,53H,16-21,26-27,29-30H2,1-4H3. The van der Waals surface area contributed by atoms with Crippen LogP contribution < -0.4 is 9.47 Å². The molecule has 3 aromatic carbocycles. The number of aliphatic hydroxyl groups is 2. The van der Waals surface area contributed by atoms with E-state index in [1.54, 1.807) is 32.6 Å². The first-order chi connectivity index (χ1) is 26.9. The molecule has 0 aliphatic heterocycles. The van der Waals surface area contributed by atoms with Crippen LogP contribution in [0.4, 0.5) is 0 Å². The molecule has 3 fully saturated rings. The smallest absolute Gasteiger partial charge is 0.227 e. The molecular formula is C48H53NO7. The highest BCUT2D eigenvalue weighted by Gasteiger charge is 2.74. The third kappa shape index (κ3) is 5.24. The number of furan rings is 1. The first kappa shape index (κ1) is 36.9. The number of nitrogens with zero attached hydrogens (tertiary/aromatic N) is 1. The van der Waals surface area contributed by atoms with E-state index < -0.39 is 27.9 Å². The third-order valence-corrected chi connectivity index (χ3v) is 15.6. The lowest BCUT2D eigenvalue weighted by Gasteiger charge is -2.71. The number of Topliss-reactive ketones (excluding diaryl/α,β-unsaturated/α-hetero) is 1. The van der Waals surface area contributed by atoms with Gasteiger partial charge < -0.3 is 29.0 Å². The molecule has 292 valence electrons. The topological polar surface area (TPSA) is 109 Å². The number of benzene rings is 3. The van der Waals surface area contributed by atoms with Crippen molar-refractivity contribution >= 4 is 22.5 Å². The van der Waals surface area contributed by atoms with Crippen LogP contribution in [0.3, 0.4) is 0 Å². The molecule has 8 heteroatoms. The normalized spacial score (nSPS) is 34.0. The molecule has 1 amide bonds. The van der Waals surface area contributed by atoms with E-state index >= 15 is 0 Å². The second kappa shape index (κ2) is 13.2. The Morgan fingerprint density at radius 1 is 0.857 bits per heavy atom. The molecule has 8 atom stereocenters. The quantitative estimate of drug-likeness (QED) is 0.123. The molecule has 8 nitrogen and oxygen atoms in total. The van der Waals surface area contributed by atoms with Gasteiger partial charge in [-0.05, 0) is 108 Å². The van der Waals surface area contributed by atoms with E-state index in [0.29, 0.717) is 43.1 Å². The summed E-state index contributed by atoms with van der Waals surface area (Å²) in [4.78, 5) is 31.2. The average molecular weight is 756 g/mol. The first-order valence-electron chi connectivity index (χ1n) is 20.3. The number of fused-ring (bicyclic) bond motifs is 2. The van der Waals surface area contributed by atoms with Gasteiger partial charge in [-0.25, -0.2) is 0 Å². The van der Waals surface area contributed by atoms with E-state index in [-0.39, 0.29) is 41.9 Å². The number of hydrogen-bond donors (Lipinski definition) is 2. The Bertz CT molecular complexity index is 2250. The highest BCUT2D eigenvalue weighted by atomic mass is 16.5. The Morgan fingerprint density at radius 2 is 1.61 bits per heavy atom. The maximum atomic E-state index is 14.7. The number of ketones is 1. The summed E-state index contributed by atoms with van der Waals surface area (Å²) < 4.78 is 16.8. The predicted molar refractivity (Wildman–Crippen MR) is 214 cm³/mol. The maximum Gasteiger partial charge on any atom is 0.227 e. The molecule has 56 heavy (non-hydrogen) atoms. The lowest BCUT2D eigenvalue weighted by molar-refractivity contribution is -0.178. The molecule has 0 saturated heterocycles. The van der Waals surface area contributed by atoms with Gasteiger partial charge in [0.15, 0.2) is 17.3 Å². The van der Waals surface area contributed by atoms with Gasteiger partial charge in [0.25, 0.3) is 0 Å². The van der Waals surface area contributed by atoms with Gasteiger partial charge in [0.2, 0.25) is 11.7 Å². The van der Waals surface area contributed by atoms with Crippen LogP contribution in [0.15, 0.2) is 107 Å². The fraction of sp³-hybridized carbons (Fsp3) is 0.458. The van der Waals surface area contributed by atoms with Crippen molar-refractivity contribution in [1.82, 2.24) is 4.90 Å². The number of methoxy groups -OCH3 is 2. The minimum atomic E-state index is -1.22. The zero-order valence-corrected chi connectivity index (χ0v) is 32.9. The fourth-order valence-electron chi connectivity index (χ4n) is 12.6. The number of aliphatic hydroxyl groups excluding tert-OH is 1. The number of carbonyl (C=O) groups is 2. The van der Waals surface area contributed by atoms with Crippen molar-refractivity contribution in [2.75, 3.05) is 20.8 Å². The zero-order valence-electron chi connectivity index (χ0n) is 32.9. The molecule has 0 radical (unpaired) electrons. The molecule has 8 unspecified atom stereocenters. The molecule has 1 aromatic heterocycles. The summed E-state index contributed by atoms with van der Waals surface area (Å²) in [5.41, 5.74) is -0.457. The maximum absolute atomic E-state index is 14.7. The first-order valence-corrected chi connectivity index (χ1v) is 20.3. The molecule has 4 aromatic rings. The zero-order chi connectivity index (χ0) is 39.1. The van der Waals surface area contributed by atoms with Crippen molar-refractivity contribution in [3.63, 3.8) is 0 Å². The minimum Gasteiger partial charge on any atom is -0.493 e. The molecule has 2 spiro atoms. The number of carbonyl (C=O) groups excluding carboxylic acids is 2. The Morgan fingerprint density at radius 3 is 2.39 bits per heavy atom. The van der Waals surface area contributed by atoms with Gasteiger partial charge in [-0.1, -0.05) is 80.6 Å². The predicted octanol–water partition coefficient (Wildman–Crippen LogP) is 8.50. The summed E-state index contributed by atoms with van der Waals surface area (Å²) in [5.74, 6) is 1.40. The monoisotopic (exact) mass is 755 g/mol. The van der Waals surface area contributed by atoms with Crippen LogP contribution in [0.2, 0.25) is 0 Å². The van der Waals surface area contributed by atoms with Crippen molar-refractivity contribution < 1.29 is 33.7 Å². The summed E-state index contributed by atoms with van der Waals surface area (Å²) in [5, 5.41) is 26.5. The van der Waals surface area contributed by atoms with Gasteiger partial charge >= 0.3 is 0 Å². The molecule has 2 bridgehead atoms. The van der Waals surface area contributed by atoms with Crippen LogP contribution in [0.25, 0.3) is 10.8 Å². The molecule has 3 saturated carbocycles. The van der Waals surface area contributed by atoms with Crippen molar-refractivity contribution in [2.24, 2.45) is 33.5 Å². The van der Waals surface area contributed by atoms with Gasteiger partial charge in [-0.2, -0.15) is 0 Å². The van der Waals surface area contributed by atoms with Crippen LogP contribution in [0.1, 0.15) is 80.5 Å². The van der Waals surface area contributed by atoms with E-state index in [2.05, 4.69) is 56.3 Å². The number of rotatable bonds is 10. The SMILES string of the molecule is COc1ccc(CC(=O)N(Cc2cccc3ccccc23)CC2(O)CCC3C45C=CC6(C=C4C(=O)c4ccco4)CC(O)CCC6(C)C5CCC32C)cc1OC. The Balaban J connectivity index is 1.11. The van der Waals surface area contributed by atoms with Gasteiger partial charge in [-0.3, -0.25) is 9.59 Å². The Labute approximate surface area is 329 Å². The van der Waals surface area contributed by atoms with Crippen LogP contribution in [0, 0.1) is 33.5 Å². The van der Waals surface area contributed by atoms with Crippen LogP contribution >= 0.6 is 0 Å². The summed E-state index contributed by atoms with van der Waals surface area (Å²) in [6, 6.07) is 23.5. The number of amides is 1. The van der Waals surface area contributed by atoms with Gasteiger partial charge in [-0.15, -0.1) is 0 Å².